The van der Waals surface area contributed by atoms with Crippen molar-refractivity contribution in [3.05, 3.63) is 52.8 Å². The summed E-state index contributed by atoms with van der Waals surface area (Å²) in [6.45, 7) is 2.33. The van der Waals surface area contributed by atoms with E-state index >= 15 is 0 Å². The molecule has 122 valence electrons. The monoisotopic (exact) mass is 341 g/mol. The van der Waals surface area contributed by atoms with E-state index in [1.807, 2.05) is 31.2 Å². The minimum atomic E-state index is -0.270. The second kappa shape index (κ2) is 5.96. The maximum atomic E-state index is 14.2. The van der Waals surface area contributed by atoms with Crippen molar-refractivity contribution in [2.45, 2.75) is 19.4 Å². The third-order valence-corrected chi connectivity index (χ3v) is 4.97. The molecule has 3 aromatic rings. The van der Waals surface area contributed by atoms with Gasteiger partial charge in [-0.3, -0.25) is 0 Å². The lowest BCUT2D eigenvalue weighted by atomic mass is 9.96. The van der Waals surface area contributed by atoms with Crippen molar-refractivity contribution in [1.29, 1.82) is 0 Å². The van der Waals surface area contributed by atoms with Gasteiger partial charge in [-0.15, -0.1) is 10.2 Å². The Morgan fingerprint density at radius 1 is 1.21 bits per heavy atom. The zero-order valence-corrected chi connectivity index (χ0v) is 13.9. The molecule has 1 aliphatic rings. The molecular weight excluding hydrogens is 325 g/mol. The van der Waals surface area contributed by atoms with Gasteiger partial charge in [0.25, 0.3) is 0 Å². The maximum absolute atomic E-state index is 14.2. The summed E-state index contributed by atoms with van der Waals surface area (Å²) in [7, 11) is 0. The SMILES string of the molecule is Cc1nnc(-c2ccccc2-c2cc(F)cc3c2O[C@H](CN)C3)s1. The van der Waals surface area contributed by atoms with Gasteiger partial charge < -0.3 is 10.5 Å². The van der Waals surface area contributed by atoms with Gasteiger partial charge >= 0.3 is 0 Å². The summed E-state index contributed by atoms with van der Waals surface area (Å²) in [5.74, 6) is 0.453. The fourth-order valence-corrected chi connectivity index (χ4v) is 3.77. The number of nitrogens with two attached hydrogens (primary N) is 1. The van der Waals surface area contributed by atoms with Crippen LogP contribution < -0.4 is 10.5 Å². The standard InChI is InChI=1S/C18H16FN3OS/c1-10-21-22-18(24-10)15-5-3-2-4-14(15)16-8-12(19)6-11-7-13(9-20)23-17(11)16/h2-6,8,13H,7,9,20H2,1H3/t13-/m0/s1. The molecule has 24 heavy (non-hydrogen) atoms. The summed E-state index contributed by atoms with van der Waals surface area (Å²) in [6.07, 6.45) is 0.535. The van der Waals surface area contributed by atoms with Gasteiger partial charge in [0, 0.05) is 29.7 Å². The molecule has 4 nitrogen and oxygen atoms in total. The van der Waals surface area contributed by atoms with Gasteiger partial charge in [-0.05, 0) is 24.6 Å². The van der Waals surface area contributed by atoms with Crippen molar-refractivity contribution in [3.63, 3.8) is 0 Å². The molecule has 0 saturated carbocycles. The molecule has 6 heteroatoms. The van der Waals surface area contributed by atoms with Crippen molar-refractivity contribution < 1.29 is 9.13 Å². The highest BCUT2D eigenvalue weighted by molar-refractivity contribution is 7.14. The lowest BCUT2D eigenvalue weighted by molar-refractivity contribution is 0.242. The fraction of sp³-hybridized carbons (Fsp3) is 0.222. The summed E-state index contributed by atoms with van der Waals surface area (Å²) in [5, 5.41) is 10.0. The number of hydrogen-bond donors (Lipinski definition) is 1. The second-order valence-electron chi connectivity index (χ2n) is 5.79. The topological polar surface area (TPSA) is 61.0 Å². The van der Waals surface area contributed by atoms with Gasteiger partial charge in [0.05, 0.1) is 0 Å². The van der Waals surface area contributed by atoms with E-state index in [0.29, 0.717) is 13.0 Å². The Morgan fingerprint density at radius 3 is 2.71 bits per heavy atom. The number of aryl methyl sites for hydroxylation is 1. The van der Waals surface area contributed by atoms with E-state index < -0.39 is 0 Å². The predicted molar refractivity (Wildman–Crippen MR) is 92.7 cm³/mol. The largest absolute Gasteiger partial charge is 0.488 e. The Morgan fingerprint density at radius 2 is 2.00 bits per heavy atom. The van der Waals surface area contributed by atoms with Gasteiger partial charge in [-0.2, -0.15) is 0 Å². The van der Waals surface area contributed by atoms with E-state index in [4.69, 9.17) is 10.5 Å². The first kappa shape index (κ1) is 15.2. The van der Waals surface area contributed by atoms with Gasteiger partial charge in [0.15, 0.2) is 0 Å². The fourth-order valence-electron chi connectivity index (χ4n) is 3.04. The van der Waals surface area contributed by atoms with Crippen LogP contribution in [0.4, 0.5) is 4.39 Å². The Labute approximate surface area is 143 Å². The molecule has 2 N–H and O–H groups in total. The van der Waals surface area contributed by atoms with Gasteiger partial charge in [-0.25, -0.2) is 4.39 Å². The minimum Gasteiger partial charge on any atom is -0.488 e. The minimum absolute atomic E-state index is 0.100. The molecule has 1 atom stereocenters. The van der Waals surface area contributed by atoms with Crippen LogP contribution in [0.2, 0.25) is 0 Å². The first-order chi connectivity index (χ1) is 11.7. The molecule has 4 rings (SSSR count). The molecule has 1 aromatic heterocycles. The van der Waals surface area contributed by atoms with E-state index in [0.717, 1.165) is 38.0 Å². The first-order valence-electron chi connectivity index (χ1n) is 7.74. The summed E-state index contributed by atoms with van der Waals surface area (Å²) in [5.41, 5.74) is 9.15. The predicted octanol–water partition coefficient (Wildman–Crippen LogP) is 3.58. The Hall–Kier alpha value is -2.31. The van der Waals surface area contributed by atoms with Gasteiger partial charge in [0.2, 0.25) is 0 Å². The molecule has 0 fully saturated rings. The van der Waals surface area contributed by atoms with Crippen LogP contribution >= 0.6 is 11.3 Å². The number of ether oxygens (including phenoxy) is 1. The number of aromatic nitrogens is 2. The van der Waals surface area contributed by atoms with E-state index in [1.165, 1.54) is 23.5 Å². The average molecular weight is 341 g/mol. The summed E-state index contributed by atoms with van der Waals surface area (Å²) >= 11 is 1.52. The third kappa shape index (κ3) is 2.57. The summed E-state index contributed by atoms with van der Waals surface area (Å²) in [6, 6.07) is 10.9. The molecule has 2 heterocycles. The van der Waals surface area contributed by atoms with E-state index in [-0.39, 0.29) is 11.9 Å². The van der Waals surface area contributed by atoms with Crippen LogP contribution in [0.1, 0.15) is 10.6 Å². The van der Waals surface area contributed by atoms with Gasteiger partial charge in [0.1, 0.15) is 27.7 Å². The normalized spacial score (nSPS) is 16.0. The van der Waals surface area contributed by atoms with Crippen LogP contribution in [0.3, 0.4) is 0 Å². The molecule has 0 spiro atoms. The quantitative estimate of drug-likeness (QED) is 0.791. The molecule has 0 saturated heterocycles. The molecular formula is C18H16FN3OS. The van der Waals surface area contributed by atoms with Crippen molar-refractivity contribution in [2.75, 3.05) is 6.54 Å². The number of rotatable bonds is 3. The first-order valence-corrected chi connectivity index (χ1v) is 8.56. The van der Waals surface area contributed by atoms with Crippen molar-refractivity contribution in [3.8, 4) is 27.4 Å². The number of hydrogen-bond acceptors (Lipinski definition) is 5. The third-order valence-electron chi connectivity index (χ3n) is 4.10. The van der Waals surface area contributed by atoms with Crippen molar-refractivity contribution in [1.82, 2.24) is 10.2 Å². The highest BCUT2D eigenvalue weighted by Crippen LogP contribution is 2.43. The zero-order valence-electron chi connectivity index (χ0n) is 13.1. The smallest absolute Gasteiger partial charge is 0.148 e. The lowest BCUT2D eigenvalue weighted by Gasteiger charge is -2.13. The van der Waals surface area contributed by atoms with Crippen LogP contribution in [-0.2, 0) is 6.42 Å². The average Bonchev–Trinajstić information content (AvgIpc) is 3.20. The van der Waals surface area contributed by atoms with Crippen LogP contribution in [0.15, 0.2) is 36.4 Å². The molecule has 0 radical (unpaired) electrons. The zero-order chi connectivity index (χ0) is 16.7. The van der Waals surface area contributed by atoms with Crippen LogP contribution in [-0.4, -0.2) is 22.8 Å². The van der Waals surface area contributed by atoms with Crippen molar-refractivity contribution in [2.24, 2.45) is 5.73 Å². The van der Waals surface area contributed by atoms with Crippen molar-refractivity contribution >= 4 is 11.3 Å². The number of nitrogens with zero attached hydrogens (tertiary/aromatic N) is 2. The van der Waals surface area contributed by atoms with Crippen LogP contribution in [0.25, 0.3) is 21.7 Å². The number of benzene rings is 2. The maximum Gasteiger partial charge on any atom is 0.148 e. The Kier molecular flexibility index (Phi) is 3.78. The molecule has 1 aliphatic heterocycles. The molecule has 0 aliphatic carbocycles. The Balaban J connectivity index is 1.90. The number of fused-ring (bicyclic) bond motifs is 1. The van der Waals surface area contributed by atoms with Crippen LogP contribution in [0, 0.1) is 12.7 Å². The van der Waals surface area contributed by atoms with Crippen LogP contribution in [0.5, 0.6) is 5.75 Å². The molecule has 2 aromatic carbocycles. The van der Waals surface area contributed by atoms with E-state index in [9.17, 15) is 4.39 Å². The second-order valence-corrected chi connectivity index (χ2v) is 6.97. The molecule has 0 bridgehead atoms. The van der Waals surface area contributed by atoms with E-state index in [2.05, 4.69) is 10.2 Å². The molecule has 0 amide bonds. The van der Waals surface area contributed by atoms with E-state index in [1.54, 1.807) is 0 Å². The highest BCUT2D eigenvalue weighted by atomic mass is 32.1. The highest BCUT2D eigenvalue weighted by Gasteiger charge is 2.27. The number of halogens is 1. The Bertz CT molecular complexity index is 909. The lowest BCUT2D eigenvalue weighted by Crippen LogP contribution is -2.24. The summed E-state index contributed by atoms with van der Waals surface area (Å²) in [4.78, 5) is 0. The summed E-state index contributed by atoms with van der Waals surface area (Å²) < 4.78 is 20.1. The van der Waals surface area contributed by atoms with Gasteiger partial charge in [-0.1, -0.05) is 35.6 Å². The molecule has 0 unspecified atom stereocenters.